The largest absolute Gasteiger partial charge is 0.383 e. The third-order valence-electron chi connectivity index (χ3n) is 3.35. The van der Waals surface area contributed by atoms with Crippen molar-refractivity contribution >= 4 is 5.69 Å². The van der Waals surface area contributed by atoms with Gasteiger partial charge in [-0.1, -0.05) is 45.9 Å². The Kier molecular flexibility index (Phi) is 8.40. The monoisotopic (exact) mass is 292 g/mol. The first kappa shape index (κ1) is 18.0. The summed E-state index contributed by atoms with van der Waals surface area (Å²) in [6, 6.07) is 8.70. The van der Waals surface area contributed by atoms with E-state index in [0.717, 1.165) is 32.8 Å². The zero-order valence-electron chi connectivity index (χ0n) is 14.4. The average molecular weight is 292 g/mol. The van der Waals surface area contributed by atoms with Crippen molar-refractivity contribution in [2.75, 3.05) is 38.3 Å². The number of nitrogens with one attached hydrogen (secondary N) is 1. The maximum atomic E-state index is 5.27. The van der Waals surface area contributed by atoms with E-state index in [1.807, 2.05) is 0 Å². The minimum absolute atomic E-state index is 0.638. The molecule has 3 heteroatoms. The second-order valence-corrected chi connectivity index (χ2v) is 6.49. The SMILES string of the molecule is COCCN(CC(C)C)c1ccccc1CNCC(C)C. The molecule has 0 aliphatic carbocycles. The lowest BCUT2D eigenvalue weighted by molar-refractivity contribution is 0.204. The van der Waals surface area contributed by atoms with E-state index in [0.29, 0.717) is 11.8 Å². The number of methoxy groups -OCH3 is 1. The molecule has 0 radical (unpaired) electrons. The minimum Gasteiger partial charge on any atom is -0.383 e. The number of hydrogen-bond acceptors (Lipinski definition) is 3. The quantitative estimate of drug-likeness (QED) is 0.714. The van der Waals surface area contributed by atoms with Crippen LogP contribution in [0.5, 0.6) is 0 Å². The van der Waals surface area contributed by atoms with Crippen LogP contribution in [0.2, 0.25) is 0 Å². The Morgan fingerprint density at radius 2 is 1.81 bits per heavy atom. The van der Waals surface area contributed by atoms with E-state index >= 15 is 0 Å². The summed E-state index contributed by atoms with van der Waals surface area (Å²) in [5.41, 5.74) is 2.70. The Morgan fingerprint density at radius 3 is 2.43 bits per heavy atom. The van der Waals surface area contributed by atoms with Crippen molar-refractivity contribution in [1.82, 2.24) is 5.32 Å². The first-order valence-electron chi connectivity index (χ1n) is 8.07. The fourth-order valence-corrected chi connectivity index (χ4v) is 2.42. The van der Waals surface area contributed by atoms with Crippen LogP contribution >= 0.6 is 0 Å². The lowest BCUT2D eigenvalue weighted by atomic mass is 10.1. The highest BCUT2D eigenvalue weighted by Gasteiger charge is 2.12. The molecule has 0 atom stereocenters. The van der Waals surface area contributed by atoms with Gasteiger partial charge in [0, 0.05) is 32.4 Å². The van der Waals surface area contributed by atoms with Gasteiger partial charge in [-0.3, -0.25) is 0 Å². The number of ether oxygens (including phenoxy) is 1. The number of para-hydroxylation sites is 1. The molecule has 0 spiro atoms. The normalized spacial score (nSPS) is 11.4. The molecular weight excluding hydrogens is 260 g/mol. The lowest BCUT2D eigenvalue weighted by Gasteiger charge is -2.29. The third kappa shape index (κ3) is 6.96. The van der Waals surface area contributed by atoms with Crippen LogP contribution in [0.15, 0.2) is 24.3 Å². The first-order valence-corrected chi connectivity index (χ1v) is 8.07. The summed E-state index contributed by atoms with van der Waals surface area (Å²) < 4.78 is 5.27. The second kappa shape index (κ2) is 9.80. The first-order chi connectivity index (χ1) is 10.0. The third-order valence-corrected chi connectivity index (χ3v) is 3.35. The summed E-state index contributed by atoms with van der Waals surface area (Å²) in [6.07, 6.45) is 0. The van der Waals surface area contributed by atoms with Crippen LogP contribution < -0.4 is 10.2 Å². The van der Waals surface area contributed by atoms with E-state index in [-0.39, 0.29) is 0 Å². The molecule has 120 valence electrons. The standard InChI is InChI=1S/C18H32N2O/c1-15(2)12-19-13-17-8-6-7-9-18(17)20(10-11-21-5)14-16(3)4/h6-9,15-16,19H,10-14H2,1-5H3. The average Bonchev–Trinajstić information content (AvgIpc) is 2.43. The molecule has 0 aliphatic rings. The van der Waals surface area contributed by atoms with Gasteiger partial charge in [0.25, 0.3) is 0 Å². The molecule has 3 nitrogen and oxygen atoms in total. The van der Waals surface area contributed by atoms with Crippen molar-refractivity contribution in [1.29, 1.82) is 0 Å². The van der Waals surface area contributed by atoms with Crippen molar-refractivity contribution in [3.05, 3.63) is 29.8 Å². The molecule has 0 saturated carbocycles. The Labute approximate surface area is 130 Å². The second-order valence-electron chi connectivity index (χ2n) is 6.49. The molecule has 21 heavy (non-hydrogen) atoms. The Balaban J connectivity index is 2.80. The van der Waals surface area contributed by atoms with Gasteiger partial charge in [0.2, 0.25) is 0 Å². The summed E-state index contributed by atoms with van der Waals surface area (Å²) >= 11 is 0. The Bertz CT molecular complexity index is 391. The van der Waals surface area contributed by atoms with Crippen LogP contribution in [0.1, 0.15) is 33.3 Å². The molecule has 0 aliphatic heterocycles. The Morgan fingerprint density at radius 1 is 1.10 bits per heavy atom. The number of nitrogens with zero attached hydrogens (tertiary/aromatic N) is 1. The van der Waals surface area contributed by atoms with Gasteiger partial charge in [0.15, 0.2) is 0 Å². The molecule has 0 unspecified atom stereocenters. The van der Waals surface area contributed by atoms with Gasteiger partial charge in [-0.25, -0.2) is 0 Å². The summed E-state index contributed by atoms with van der Waals surface area (Å²) in [7, 11) is 1.77. The van der Waals surface area contributed by atoms with Gasteiger partial charge in [-0.05, 0) is 30.0 Å². The topological polar surface area (TPSA) is 24.5 Å². The van der Waals surface area contributed by atoms with E-state index in [1.165, 1.54) is 11.3 Å². The minimum atomic E-state index is 0.638. The smallest absolute Gasteiger partial charge is 0.0637 e. The van der Waals surface area contributed by atoms with Gasteiger partial charge in [0.1, 0.15) is 0 Å². The number of benzene rings is 1. The van der Waals surface area contributed by atoms with E-state index in [4.69, 9.17) is 4.74 Å². The van der Waals surface area contributed by atoms with Crippen molar-refractivity contribution in [2.45, 2.75) is 34.2 Å². The van der Waals surface area contributed by atoms with Crippen LogP contribution in [-0.2, 0) is 11.3 Å². The zero-order valence-corrected chi connectivity index (χ0v) is 14.4. The van der Waals surface area contributed by atoms with Crippen molar-refractivity contribution in [3.8, 4) is 0 Å². The van der Waals surface area contributed by atoms with Crippen LogP contribution in [0.3, 0.4) is 0 Å². The lowest BCUT2D eigenvalue weighted by Crippen LogP contribution is -2.32. The summed E-state index contributed by atoms with van der Waals surface area (Å²) in [6.45, 7) is 13.7. The highest BCUT2D eigenvalue weighted by Crippen LogP contribution is 2.21. The molecule has 0 amide bonds. The molecule has 0 bridgehead atoms. The maximum absolute atomic E-state index is 5.27. The molecule has 1 aromatic carbocycles. The van der Waals surface area contributed by atoms with E-state index < -0.39 is 0 Å². The van der Waals surface area contributed by atoms with E-state index in [2.05, 4.69) is 62.2 Å². The number of hydrogen-bond donors (Lipinski definition) is 1. The molecule has 0 fully saturated rings. The zero-order chi connectivity index (χ0) is 15.7. The van der Waals surface area contributed by atoms with Crippen molar-refractivity contribution in [3.63, 3.8) is 0 Å². The van der Waals surface area contributed by atoms with Gasteiger partial charge < -0.3 is 15.0 Å². The maximum Gasteiger partial charge on any atom is 0.0637 e. The van der Waals surface area contributed by atoms with Crippen molar-refractivity contribution < 1.29 is 4.74 Å². The summed E-state index contributed by atoms with van der Waals surface area (Å²) in [4.78, 5) is 2.44. The van der Waals surface area contributed by atoms with E-state index in [9.17, 15) is 0 Å². The van der Waals surface area contributed by atoms with Gasteiger partial charge in [-0.2, -0.15) is 0 Å². The molecule has 0 heterocycles. The molecule has 0 saturated heterocycles. The van der Waals surface area contributed by atoms with Gasteiger partial charge in [0.05, 0.1) is 6.61 Å². The van der Waals surface area contributed by atoms with Gasteiger partial charge in [-0.15, -0.1) is 0 Å². The number of rotatable bonds is 10. The highest BCUT2D eigenvalue weighted by atomic mass is 16.5. The summed E-state index contributed by atoms with van der Waals surface area (Å²) in [5, 5.41) is 3.55. The molecular formula is C18H32N2O. The van der Waals surface area contributed by atoms with Crippen LogP contribution in [0, 0.1) is 11.8 Å². The van der Waals surface area contributed by atoms with Crippen LogP contribution in [0.25, 0.3) is 0 Å². The predicted molar refractivity (Wildman–Crippen MR) is 91.9 cm³/mol. The van der Waals surface area contributed by atoms with Gasteiger partial charge >= 0.3 is 0 Å². The highest BCUT2D eigenvalue weighted by molar-refractivity contribution is 5.53. The van der Waals surface area contributed by atoms with Crippen LogP contribution in [0.4, 0.5) is 5.69 Å². The summed E-state index contributed by atoms with van der Waals surface area (Å²) in [5.74, 6) is 1.32. The van der Waals surface area contributed by atoms with E-state index in [1.54, 1.807) is 7.11 Å². The Hall–Kier alpha value is -1.06. The fraction of sp³-hybridized carbons (Fsp3) is 0.667. The molecule has 1 rings (SSSR count). The molecule has 0 aromatic heterocycles. The molecule has 1 aromatic rings. The van der Waals surface area contributed by atoms with Crippen LogP contribution in [-0.4, -0.2) is 33.4 Å². The predicted octanol–water partition coefficient (Wildman–Crippen LogP) is 3.54. The number of anilines is 1. The molecule has 1 N–H and O–H groups in total. The van der Waals surface area contributed by atoms with Crippen molar-refractivity contribution in [2.24, 2.45) is 11.8 Å². The fourth-order valence-electron chi connectivity index (χ4n) is 2.42.